The summed E-state index contributed by atoms with van der Waals surface area (Å²) >= 11 is 0. The minimum atomic E-state index is -4.48. The summed E-state index contributed by atoms with van der Waals surface area (Å²) in [6.45, 7) is 6.83. The number of anilines is 3. The molecule has 0 radical (unpaired) electrons. The summed E-state index contributed by atoms with van der Waals surface area (Å²) in [6, 6.07) is 0.421. The molecule has 4 heterocycles. The Morgan fingerprint density at radius 1 is 1.27 bits per heavy atom. The molecule has 0 spiro atoms. The molecule has 2 N–H and O–H groups in total. The smallest absolute Gasteiger partial charge is 0.408 e. The Labute approximate surface area is 227 Å². The van der Waals surface area contributed by atoms with Gasteiger partial charge < -0.3 is 15.0 Å². The molecule has 1 amide bonds. The first-order valence-electron chi connectivity index (χ1n) is 12.9. The van der Waals surface area contributed by atoms with Gasteiger partial charge in [-0.05, 0) is 46.6 Å². The van der Waals surface area contributed by atoms with Gasteiger partial charge in [-0.1, -0.05) is 0 Å². The van der Waals surface area contributed by atoms with E-state index in [1.54, 1.807) is 31.6 Å². The maximum atomic E-state index is 15.4. The summed E-state index contributed by atoms with van der Waals surface area (Å²) in [5.41, 5.74) is -0.0392. The Morgan fingerprint density at radius 2 is 2.00 bits per heavy atom. The summed E-state index contributed by atoms with van der Waals surface area (Å²) < 4.78 is 62.4. The van der Waals surface area contributed by atoms with Crippen molar-refractivity contribution in [1.82, 2.24) is 24.6 Å². The maximum absolute atomic E-state index is 15.4. The molecular formula is C26H30F4N8O2. The van der Waals surface area contributed by atoms with E-state index in [-0.39, 0.29) is 48.7 Å². The van der Waals surface area contributed by atoms with Gasteiger partial charge >= 0.3 is 6.18 Å². The lowest BCUT2D eigenvalue weighted by molar-refractivity contribution is -0.169. The largest absolute Gasteiger partial charge is 0.457 e. The number of aromatic nitrogens is 4. The van der Waals surface area contributed by atoms with E-state index in [0.717, 1.165) is 4.90 Å². The number of fused-ring (bicyclic) bond motifs is 2. The molecule has 1 atom stereocenters. The highest BCUT2D eigenvalue weighted by Gasteiger charge is 2.49. The molecule has 10 nitrogen and oxygen atoms in total. The van der Waals surface area contributed by atoms with Crippen LogP contribution >= 0.6 is 0 Å². The topological polar surface area (TPSA) is 112 Å². The number of likely N-dealkylation sites (tertiary alicyclic amines) is 1. The summed E-state index contributed by atoms with van der Waals surface area (Å²) in [5.74, 6) is -0.356. The molecule has 1 fully saturated rings. The van der Waals surface area contributed by atoms with E-state index in [0.29, 0.717) is 22.3 Å². The third-order valence-electron chi connectivity index (χ3n) is 7.35. The monoisotopic (exact) mass is 562 g/mol. The average molecular weight is 563 g/mol. The lowest BCUT2D eigenvalue weighted by Gasteiger charge is -2.27. The minimum absolute atomic E-state index is 0.0419. The zero-order chi connectivity index (χ0) is 29.1. The molecule has 14 heteroatoms. The van der Waals surface area contributed by atoms with E-state index < -0.39 is 36.1 Å². The molecule has 0 aliphatic carbocycles. The van der Waals surface area contributed by atoms with Crippen LogP contribution in [-0.2, 0) is 21.6 Å². The third-order valence-corrected chi connectivity index (χ3v) is 7.35. The van der Waals surface area contributed by atoms with Crippen LogP contribution in [0.2, 0.25) is 0 Å². The van der Waals surface area contributed by atoms with Crippen LogP contribution in [0.15, 0.2) is 18.3 Å². The zero-order valence-corrected chi connectivity index (χ0v) is 22.7. The summed E-state index contributed by atoms with van der Waals surface area (Å²) in [7, 11) is 1.61. The fraction of sp³-hybridized carbons (Fsp3) is 0.500. The molecule has 2 aliphatic rings. The summed E-state index contributed by atoms with van der Waals surface area (Å²) in [5, 5.41) is 15.9. The van der Waals surface area contributed by atoms with Crippen molar-refractivity contribution in [3.63, 3.8) is 0 Å². The van der Waals surface area contributed by atoms with Gasteiger partial charge in [0.05, 0.1) is 22.9 Å². The number of halogens is 4. The molecule has 40 heavy (non-hydrogen) atoms. The second-order valence-corrected chi connectivity index (χ2v) is 10.7. The molecule has 3 aromatic rings. The van der Waals surface area contributed by atoms with E-state index >= 15 is 4.39 Å². The highest BCUT2D eigenvalue weighted by atomic mass is 19.4. The molecule has 2 aliphatic heterocycles. The molecule has 1 aromatic carbocycles. The van der Waals surface area contributed by atoms with Crippen molar-refractivity contribution in [1.29, 1.82) is 5.41 Å². The molecule has 2 aromatic heterocycles. The number of carbonyl (C=O) groups excluding carboxylic acids is 1. The molecule has 1 saturated heterocycles. The first kappa shape index (κ1) is 27.6. The van der Waals surface area contributed by atoms with Crippen molar-refractivity contribution in [2.24, 2.45) is 0 Å². The lowest BCUT2D eigenvalue weighted by Crippen LogP contribution is -2.45. The number of alkyl halides is 3. The third kappa shape index (κ3) is 4.38. The van der Waals surface area contributed by atoms with Crippen LogP contribution in [0.1, 0.15) is 58.0 Å². The van der Waals surface area contributed by atoms with Gasteiger partial charge in [0.25, 0.3) is 6.02 Å². The standard InChI is InChI=1S/C26H30F4N8O2/c1-13(2)38-20-14(11-33-38)9-15(10-16(20)27)37-22-19(25(3,4)23(37)39)21(32-5)34-18(35-22)12-40-24(31)36-8-6-7-17(36)26(28,29)30/h9-11,13,17,31H,6-8,12H2,1-5H3,(H,32,34,35)/t17-/m1/s1. The van der Waals surface area contributed by atoms with Crippen LogP contribution in [0.4, 0.5) is 34.9 Å². The van der Waals surface area contributed by atoms with Gasteiger partial charge in [-0.25, -0.2) is 14.4 Å². The van der Waals surface area contributed by atoms with Crippen molar-refractivity contribution >= 4 is 40.2 Å². The lowest BCUT2D eigenvalue weighted by atomic mass is 9.87. The molecule has 0 unspecified atom stereocenters. The number of hydrogen-bond donors (Lipinski definition) is 2. The number of benzene rings is 1. The maximum Gasteiger partial charge on any atom is 0.408 e. The van der Waals surface area contributed by atoms with Crippen molar-refractivity contribution in [3.8, 4) is 0 Å². The second-order valence-electron chi connectivity index (χ2n) is 10.7. The van der Waals surface area contributed by atoms with Gasteiger partial charge in [0.1, 0.15) is 23.2 Å². The van der Waals surface area contributed by atoms with Gasteiger partial charge in [0.15, 0.2) is 18.2 Å². The predicted octanol–water partition coefficient (Wildman–Crippen LogP) is 5.02. The number of amides is 1. The fourth-order valence-electron chi connectivity index (χ4n) is 5.41. The second kappa shape index (κ2) is 9.59. The van der Waals surface area contributed by atoms with Gasteiger partial charge in [-0.15, -0.1) is 0 Å². The molecular weight excluding hydrogens is 532 g/mol. The van der Waals surface area contributed by atoms with E-state index in [9.17, 15) is 18.0 Å². The van der Waals surface area contributed by atoms with Crippen LogP contribution in [0.25, 0.3) is 10.9 Å². The Kier molecular flexibility index (Phi) is 6.62. The first-order valence-corrected chi connectivity index (χ1v) is 12.9. The summed E-state index contributed by atoms with van der Waals surface area (Å²) in [4.78, 5) is 24.8. The van der Waals surface area contributed by atoms with Gasteiger partial charge in [-0.3, -0.25) is 19.8 Å². The van der Waals surface area contributed by atoms with Crippen LogP contribution in [0.5, 0.6) is 0 Å². The quantitative estimate of drug-likeness (QED) is 0.255. The van der Waals surface area contributed by atoms with Crippen molar-refractivity contribution in [2.75, 3.05) is 23.8 Å². The highest BCUT2D eigenvalue weighted by molar-refractivity contribution is 6.13. The highest BCUT2D eigenvalue weighted by Crippen LogP contribution is 2.47. The van der Waals surface area contributed by atoms with E-state index in [1.807, 2.05) is 13.8 Å². The number of ether oxygens (including phenoxy) is 1. The van der Waals surface area contributed by atoms with E-state index in [1.165, 1.54) is 17.2 Å². The molecule has 0 bridgehead atoms. The Bertz CT molecular complexity index is 1500. The Balaban J connectivity index is 1.51. The summed E-state index contributed by atoms with van der Waals surface area (Å²) in [6.07, 6.45) is -2.77. The number of carbonyl (C=O) groups is 1. The number of nitrogens with one attached hydrogen (secondary N) is 2. The fourth-order valence-corrected chi connectivity index (χ4v) is 5.41. The van der Waals surface area contributed by atoms with Crippen LogP contribution in [-0.4, -0.2) is 62.4 Å². The van der Waals surface area contributed by atoms with Crippen LogP contribution < -0.4 is 10.2 Å². The number of rotatable bonds is 5. The van der Waals surface area contributed by atoms with Crippen molar-refractivity contribution < 1.29 is 27.1 Å². The Morgan fingerprint density at radius 3 is 2.65 bits per heavy atom. The number of hydrogen-bond acceptors (Lipinski definition) is 7. The van der Waals surface area contributed by atoms with E-state index in [2.05, 4.69) is 20.4 Å². The average Bonchev–Trinajstić information content (AvgIpc) is 3.58. The van der Waals surface area contributed by atoms with Crippen molar-refractivity contribution in [3.05, 3.63) is 35.5 Å². The van der Waals surface area contributed by atoms with Gasteiger partial charge in [0.2, 0.25) is 5.91 Å². The van der Waals surface area contributed by atoms with Crippen molar-refractivity contribution in [2.45, 2.75) is 70.8 Å². The molecule has 0 saturated carbocycles. The number of amidine groups is 1. The normalized spacial score (nSPS) is 18.6. The minimum Gasteiger partial charge on any atom is -0.457 e. The predicted molar refractivity (Wildman–Crippen MR) is 140 cm³/mol. The van der Waals surface area contributed by atoms with Crippen LogP contribution in [0, 0.1) is 11.2 Å². The molecule has 5 rings (SSSR count). The Hall–Kier alpha value is -3.97. The first-order chi connectivity index (χ1) is 18.8. The van der Waals surface area contributed by atoms with E-state index in [4.69, 9.17) is 10.1 Å². The van der Waals surface area contributed by atoms with Gasteiger partial charge in [-0.2, -0.15) is 18.3 Å². The van der Waals surface area contributed by atoms with Gasteiger partial charge in [0, 0.05) is 31.1 Å². The van der Waals surface area contributed by atoms with Crippen LogP contribution in [0.3, 0.4) is 0 Å². The zero-order valence-electron chi connectivity index (χ0n) is 22.7. The molecule has 214 valence electrons. The number of nitrogens with zero attached hydrogens (tertiary/aromatic N) is 6. The SMILES string of the molecule is CNc1nc(COC(=N)N2CCC[C@@H]2C(F)(F)F)nc2c1C(C)(C)C(=O)N2c1cc(F)c2c(cnn2C(C)C)c1.